The first kappa shape index (κ1) is 17.6. The molecular weight excluding hydrogens is 321 g/mol. The van der Waals surface area contributed by atoms with Crippen LogP contribution in [0.1, 0.15) is 54.2 Å². The van der Waals surface area contributed by atoms with Gasteiger partial charge in [-0.05, 0) is 37.1 Å². The lowest BCUT2D eigenvalue weighted by Crippen LogP contribution is -2.34. The summed E-state index contributed by atoms with van der Waals surface area (Å²) in [6, 6.07) is 5.50. The van der Waals surface area contributed by atoms with E-state index in [1.807, 2.05) is 0 Å². The van der Waals surface area contributed by atoms with E-state index in [-0.39, 0.29) is 30.4 Å². The van der Waals surface area contributed by atoms with Crippen molar-refractivity contribution >= 4 is 18.2 Å². The number of halogens is 2. The summed E-state index contributed by atoms with van der Waals surface area (Å²) < 4.78 is 18.0. The second-order valence-corrected chi connectivity index (χ2v) is 5.81. The van der Waals surface area contributed by atoms with E-state index in [0.29, 0.717) is 23.7 Å². The van der Waals surface area contributed by atoms with Crippen LogP contribution in [0.25, 0.3) is 0 Å². The zero-order valence-corrected chi connectivity index (χ0v) is 13.4. The molecule has 0 spiro atoms. The van der Waals surface area contributed by atoms with Crippen LogP contribution in [-0.4, -0.2) is 15.9 Å². The van der Waals surface area contributed by atoms with E-state index in [0.717, 1.165) is 25.7 Å². The van der Waals surface area contributed by atoms with Gasteiger partial charge in [0.05, 0.1) is 5.54 Å². The van der Waals surface area contributed by atoms with Crippen molar-refractivity contribution in [2.75, 3.05) is 0 Å². The number of hydrogen-bond donors (Lipinski definition) is 1. The predicted molar refractivity (Wildman–Crippen MR) is 84.9 cm³/mol. The van der Waals surface area contributed by atoms with Crippen LogP contribution in [-0.2, 0) is 12.0 Å². The molecule has 0 bridgehead atoms. The zero-order chi connectivity index (χ0) is 15.6. The van der Waals surface area contributed by atoms with E-state index in [9.17, 15) is 9.18 Å². The third-order valence-electron chi connectivity index (χ3n) is 4.14. The third kappa shape index (κ3) is 3.95. The molecule has 0 unspecified atom stereocenters. The summed E-state index contributed by atoms with van der Waals surface area (Å²) in [7, 11) is 0. The Morgan fingerprint density at radius 3 is 2.57 bits per heavy atom. The number of benzene rings is 1. The topological polar surface area (TPSA) is 82.0 Å². The molecule has 1 saturated carbocycles. The summed E-state index contributed by atoms with van der Waals surface area (Å²) in [4.78, 5) is 16.3. The Kier molecular flexibility index (Phi) is 5.49. The molecule has 1 aliphatic rings. The smallest absolute Gasteiger partial charge is 0.227 e. The molecule has 1 fully saturated rings. The number of carbonyl (C=O) groups is 1. The van der Waals surface area contributed by atoms with Crippen molar-refractivity contribution in [2.24, 2.45) is 5.73 Å². The van der Waals surface area contributed by atoms with Crippen LogP contribution in [0.3, 0.4) is 0 Å². The quantitative estimate of drug-likeness (QED) is 0.846. The number of rotatable bonds is 5. The monoisotopic (exact) mass is 339 g/mol. The Labute approximate surface area is 139 Å². The minimum atomic E-state index is -0.483. The highest BCUT2D eigenvalue weighted by atomic mass is 35.5. The van der Waals surface area contributed by atoms with Gasteiger partial charge in [-0.25, -0.2) is 4.39 Å². The molecule has 5 nitrogen and oxygen atoms in total. The van der Waals surface area contributed by atoms with Crippen LogP contribution in [0.2, 0.25) is 0 Å². The molecule has 3 rings (SSSR count). The van der Waals surface area contributed by atoms with Crippen LogP contribution in [0.5, 0.6) is 0 Å². The highest BCUT2D eigenvalue weighted by Gasteiger charge is 2.35. The first-order valence-corrected chi connectivity index (χ1v) is 7.47. The van der Waals surface area contributed by atoms with Crippen LogP contribution in [0.15, 0.2) is 28.8 Å². The van der Waals surface area contributed by atoms with Gasteiger partial charge in [0.25, 0.3) is 0 Å². The van der Waals surface area contributed by atoms with E-state index in [1.54, 1.807) is 0 Å². The van der Waals surface area contributed by atoms with Gasteiger partial charge in [-0.2, -0.15) is 4.98 Å². The standard InChI is InChI=1S/C16H18FN3O2.ClH/c17-12-5-3-11(4-6-12)13(21)7-8-14-19-15(20-22-14)16(18)9-1-2-10-16;/h3-6H,1-2,7-10,18H2;1H. The van der Waals surface area contributed by atoms with Crippen molar-refractivity contribution in [1.82, 2.24) is 10.1 Å². The summed E-state index contributed by atoms with van der Waals surface area (Å²) in [5.74, 6) is 0.516. The number of carbonyl (C=O) groups excluding carboxylic acids is 1. The van der Waals surface area contributed by atoms with Crippen molar-refractivity contribution in [1.29, 1.82) is 0 Å². The van der Waals surface area contributed by atoms with Crippen molar-refractivity contribution in [2.45, 2.75) is 44.1 Å². The van der Waals surface area contributed by atoms with Gasteiger partial charge in [0.1, 0.15) is 5.82 Å². The lowest BCUT2D eigenvalue weighted by atomic mass is 9.99. The largest absolute Gasteiger partial charge is 0.339 e. The molecule has 2 N–H and O–H groups in total. The fourth-order valence-corrected chi connectivity index (χ4v) is 2.79. The number of aromatic nitrogens is 2. The molecular formula is C16H19ClFN3O2. The third-order valence-corrected chi connectivity index (χ3v) is 4.14. The minimum Gasteiger partial charge on any atom is -0.339 e. The van der Waals surface area contributed by atoms with Crippen LogP contribution in [0.4, 0.5) is 4.39 Å². The average Bonchev–Trinajstić information content (AvgIpc) is 3.15. The Bertz CT molecular complexity index is 666. The first-order chi connectivity index (χ1) is 10.6. The maximum Gasteiger partial charge on any atom is 0.227 e. The Morgan fingerprint density at radius 1 is 1.26 bits per heavy atom. The molecule has 1 heterocycles. The maximum absolute atomic E-state index is 12.8. The normalized spacial score (nSPS) is 16.1. The molecule has 1 aliphatic carbocycles. The van der Waals surface area contributed by atoms with Gasteiger partial charge in [0.15, 0.2) is 11.6 Å². The summed E-state index contributed by atoms with van der Waals surface area (Å²) >= 11 is 0. The molecule has 0 radical (unpaired) electrons. The Morgan fingerprint density at radius 2 is 1.91 bits per heavy atom. The van der Waals surface area contributed by atoms with Gasteiger partial charge in [-0.1, -0.05) is 18.0 Å². The fourth-order valence-electron chi connectivity index (χ4n) is 2.79. The molecule has 0 aliphatic heterocycles. The number of aryl methyl sites for hydroxylation is 1. The van der Waals surface area contributed by atoms with E-state index in [2.05, 4.69) is 10.1 Å². The van der Waals surface area contributed by atoms with Crippen LogP contribution in [0, 0.1) is 5.82 Å². The Balaban J connectivity index is 0.00000192. The number of ketones is 1. The molecule has 7 heteroatoms. The minimum absolute atomic E-state index is 0. The molecule has 124 valence electrons. The van der Waals surface area contributed by atoms with Gasteiger partial charge in [-0.15, -0.1) is 12.4 Å². The zero-order valence-electron chi connectivity index (χ0n) is 12.6. The van der Waals surface area contributed by atoms with E-state index < -0.39 is 5.54 Å². The second-order valence-electron chi connectivity index (χ2n) is 5.81. The van der Waals surface area contributed by atoms with Gasteiger partial charge in [0.2, 0.25) is 5.89 Å². The average molecular weight is 340 g/mol. The molecule has 0 saturated heterocycles. The van der Waals surface area contributed by atoms with Gasteiger partial charge >= 0.3 is 0 Å². The van der Waals surface area contributed by atoms with E-state index in [1.165, 1.54) is 24.3 Å². The van der Waals surface area contributed by atoms with Gasteiger partial charge in [0, 0.05) is 18.4 Å². The summed E-state index contributed by atoms with van der Waals surface area (Å²) in [6.07, 6.45) is 4.47. The molecule has 0 atom stereocenters. The number of hydrogen-bond acceptors (Lipinski definition) is 5. The molecule has 1 aromatic carbocycles. The van der Waals surface area contributed by atoms with E-state index in [4.69, 9.17) is 10.3 Å². The number of nitrogens with zero attached hydrogens (tertiary/aromatic N) is 2. The molecule has 0 amide bonds. The highest BCUT2D eigenvalue weighted by Crippen LogP contribution is 2.34. The van der Waals surface area contributed by atoms with Crippen molar-refractivity contribution in [3.05, 3.63) is 47.4 Å². The van der Waals surface area contributed by atoms with Crippen molar-refractivity contribution < 1.29 is 13.7 Å². The first-order valence-electron chi connectivity index (χ1n) is 7.47. The van der Waals surface area contributed by atoms with E-state index >= 15 is 0 Å². The Hall–Kier alpha value is -1.79. The molecule has 2 aromatic rings. The SMILES string of the molecule is Cl.NC1(c2noc(CCC(=O)c3ccc(F)cc3)n2)CCCC1. The van der Waals surface area contributed by atoms with Gasteiger partial charge in [-0.3, -0.25) is 4.79 Å². The van der Waals surface area contributed by atoms with Crippen molar-refractivity contribution in [3.8, 4) is 0 Å². The number of Topliss-reactive ketones (excluding diaryl/α,β-unsaturated/α-hetero) is 1. The van der Waals surface area contributed by atoms with Crippen LogP contribution >= 0.6 is 12.4 Å². The van der Waals surface area contributed by atoms with Gasteiger partial charge < -0.3 is 10.3 Å². The maximum atomic E-state index is 12.8. The summed E-state index contributed by atoms with van der Waals surface area (Å²) in [5, 5.41) is 3.96. The second kappa shape index (κ2) is 7.19. The lowest BCUT2D eigenvalue weighted by Gasteiger charge is -2.17. The molecule has 1 aromatic heterocycles. The summed E-state index contributed by atoms with van der Waals surface area (Å²) in [6.45, 7) is 0. The predicted octanol–water partition coefficient (Wildman–Crippen LogP) is 3.17. The van der Waals surface area contributed by atoms with Crippen molar-refractivity contribution in [3.63, 3.8) is 0 Å². The highest BCUT2D eigenvalue weighted by molar-refractivity contribution is 5.96. The number of nitrogens with two attached hydrogens (primary N) is 1. The summed E-state index contributed by atoms with van der Waals surface area (Å²) in [5.41, 5.74) is 6.26. The fraction of sp³-hybridized carbons (Fsp3) is 0.438. The van der Waals surface area contributed by atoms with Crippen LogP contribution < -0.4 is 5.73 Å². The lowest BCUT2D eigenvalue weighted by molar-refractivity contribution is 0.0979. The molecule has 23 heavy (non-hydrogen) atoms.